The van der Waals surface area contributed by atoms with Gasteiger partial charge in [0.15, 0.2) is 0 Å². The summed E-state index contributed by atoms with van der Waals surface area (Å²) < 4.78 is 6.21. The molecule has 0 aliphatic carbocycles. The maximum atomic E-state index is 11.6. The second kappa shape index (κ2) is 7.92. The number of ether oxygens (including phenoxy) is 1. The van der Waals surface area contributed by atoms with Crippen molar-refractivity contribution >= 4 is 34.5 Å². The Morgan fingerprint density at radius 3 is 2.41 bits per heavy atom. The number of carboxylic acids is 1. The maximum absolute atomic E-state index is 11.6. The van der Waals surface area contributed by atoms with E-state index in [4.69, 9.17) is 9.84 Å². The van der Waals surface area contributed by atoms with Crippen molar-refractivity contribution in [2.24, 2.45) is 0 Å². The third-order valence-electron chi connectivity index (χ3n) is 2.93. The molecule has 0 aromatic heterocycles. The van der Waals surface area contributed by atoms with Gasteiger partial charge in [-0.25, -0.2) is 0 Å². The Hall–Kier alpha value is -1.15. The first kappa shape index (κ1) is 18.9. The SMILES string of the molecule is Cc1c(CNCC(=O)OC(C)(C)C)cc(I)cc1CC(=O)O. The molecule has 0 unspecified atom stereocenters. The van der Waals surface area contributed by atoms with Crippen LogP contribution >= 0.6 is 22.6 Å². The number of carbonyl (C=O) groups is 2. The van der Waals surface area contributed by atoms with Gasteiger partial charge in [0, 0.05) is 10.1 Å². The number of rotatable bonds is 6. The van der Waals surface area contributed by atoms with Crippen LogP contribution in [-0.2, 0) is 27.3 Å². The summed E-state index contributed by atoms with van der Waals surface area (Å²) in [7, 11) is 0. The molecule has 1 aromatic rings. The number of carbonyl (C=O) groups excluding carboxylic acids is 1. The van der Waals surface area contributed by atoms with E-state index in [-0.39, 0.29) is 18.9 Å². The minimum Gasteiger partial charge on any atom is -0.481 e. The van der Waals surface area contributed by atoms with Gasteiger partial charge in [-0.15, -0.1) is 0 Å². The highest BCUT2D eigenvalue weighted by Crippen LogP contribution is 2.19. The monoisotopic (exact) mass is 419 g/mol. The zero-order chi connectivity index (χ0) is 16.9. The predicted octanol–water partition coefficient (Wildman–Crippen LogP) is 2.66. The molecule has 5 nitrogen and oxygen atoms in total. The fourth-order valence-corrected chi connectivity index (χ4v) is 2.76. The van der Waals surface area contributed by atoms with Crippen LogP contribution in [0.15, 0.2) is 12.1 Å². The molecule has 0 atom stereocenters. The molecule has 1 rings (SSSR count). The molecule has 0 spiro atoms. The Bertz CT molecular complexity index is 564. The van der Waals surface area contributed by atoms with Crippen molar-refractivity contribution in [3.8, 4) is 0 Å². The Balaban J connectivity index is 2.68. The average Bonchev–Trinajstić information content (AvgIpc) is 2.31. The molecule has 22 heavy (non-hydrogen) atoms. The highest BCUT2D eigenvalue weighted by Gasteiger charge is 2.16. The van der Waals surface area contributed by atoms with Gasteiger partial charge in [-0.05, 0) is 79.1 Å². The van der Waals surface area contributed by atoms with Crippen LogP contribution in [0, 0.1) is 10.5 Å². The second-order valence-electron chi connectivity index (χ2n) is 6.11. The molecule has 0 aliphatic heterocycles. The highest BCUT2D eigenvalue weighted by molar-refractivity contribution is 14.1. The Kier molecular flexibility index (Phi) is 6.80. The van der Waals surface area contributed by atoms with Gasteiger partial charge in [0.2, 0.25) is 0 Å². The van der Waals surface area contributed by atoms with Crippen molar-refractivity contribution in [3.05, 3.63) is 32.4 Å². The number of nitrogens with one attached hydrogen (secondary N) is 1. The summed E-state index contributed by atoms with van der Waals surface area (Å²) in [5, 5.41) is 12.0. The smallest absolute Gasteiger partial charge is 0.320 e. The molecule has 122 valence electrons. The van der Waals surface area contributed by atoms with Crippen LogP contribution in [0.5, 0.6) is 0 Å². The second-order valence-corrected chi connectivity index (χ2v) is 7.36. The lowest BCUT2D eigenvalue weighted by molar-refractivity contribution is -0.153. The zero-order valence-electron chi connectivity index (χ0n) is 13.3. The molecule has 0 bridgehead atoms. The first-order chi connectivity index (χ1) is 10.1. The van der Waals surface area contributed by atoms with Crippen LogP contribution < -0.4 is 5.32 Å². The van der Waals surface area contributed by atoms with E-state index < -0.39 is 11.6 Å². The average molecular weight is 419 g/mol. The van der Waals surface area contributed by atoms with Gasteiger partial charge in [0.25, 0.3) is 0 Å². The molecule has 0 saturated carbocycles. The first-order valence-corrected chi connectivity index (χ1v) is 8.08. The minimum absolute atomic E-state index is 0.00173. The highest BCUT2D eigenvalue weighted by atomic mass is 127. The molecule has 6 heteroatoms. The number of esters is 1. The molecule has 0 fully saturated rings. The van der Waals surface area contributed by atoms with E-state index in [1.165, 1.54) is 0 Å². The van der Waals surface area contributed by atoms with Crippen molar-refractivity contribution in [3.63, 3.8) is 0 Å². The lowest BCUT2D eigenvalue weighted by Gasteiger charge is -2.19. The van der Waals surface area contributed by atoms with Gasteiger partial charge in [0.05, 0.1) is 13.0 Å². The summed E-state index contributed by atoms with van der Waals surface area (Å²) in [4.78, 5) is 22.5. The molecule has 0 heterocycles. The fourth-order valence-electron chi connectivity index (χ4n) is 2.00. The third kappa shape index (κ3) is 6.74. The van der Waals surface area contributed by atoms with E-state index >= 15 is 0 Å². The molecule has 0 saturated heterocycles. The molecule has 0 radical (unpaired) electrons. The number of halogens is 1. The Morgan fingerprint density at radius 2 is 1.86 bits per heavy atom. The van der Waals surface area contributed by atoms with E-state index in [2.05, 4.69) is 27.9 Å². The summed E-state index contributed by atoms with van der Waals surface area (Å²) in [6.07, 6.45) is 0.00173. The number of hydrogen-bond donors (Lipinski definition) is 2. The van der Waals surface area contributed by atoms with Gasteiger partial charge < -0.3 is 15.2 Å². The summed E-state index contributed by atoms with van der Waals surface area (Å²) >= 11 is 2.17. The maximum Gasteiger partial charge on any atom is 0.320 e. The molecule has 2 N–H and O–H groups in total. The predicted molar refractivity (Wildman–Crippen MR) is 92.8 cm³/mol. The molecule has 1 aromatic carbocycles. The standard InChI is InChI=1S/C16H22INO4/c1-10-11(7-14(19)20)5-13(17)6-12(10)8-18-9-15(21)22-16(2,3)4/h5-6,18H,7-9H2,1-4H3,(H,19,20). The molecular formula is C16H22INO4. The Morgan fingerprint density at radius 1 is 1.27 bits per heavy atom. The number of hydrogen-bond acceptors (Lipinski definition) is 4. The van der Waals surface area contributed by atoms with Gasteiger partial charge in [0.1, 0.15) is 5.60 Å². The van der Waals surface area contributed by atoms with Gasteiger partial charge in [-0.3, -0.25) is 9.59 Å². The molecule has 0 amide bonds. The van der Waals surface area contributed by atoms with Crippen molar-refractivity contribution in [2.75, 3.05) is 6.54 Å². The lowest BCUT2D eigenvalue weighted by atomic mass is 10.00. The van der Waals surface area contributed by atoms with Crippen molar-refractivity contribution < 1.29 is 19.4 Å². The summed E-state index contributed by atoms with van der Waals surface area (Å²) in [5.41, 5.74) is 2.24. The van der Waals surface area contributed by atoms with Crippen molar-refractivity contribution in [1.29, 1.82) is 0 Å². The topological polar surface area (TPSA) is 75.6 Å². The Labute approximate surface area is 144 Å². The van der Waals surface area contributed by atoms with Crippen LogP contribution in [0.2, 0.25) is 0 Å². The summed E-state index contributed by atoms with van der Waals surface area (Å²) in [6, 6.07) is 3.87. The van der Waals surface area contributed by atoms with Crippen LogP contribution in [0.3, 0.4) is 0 Å². The van der Waals surface area contributed by atoms with Crippen LogP contribution in [0.1, 0.15) is 37.5 Å². The largest absolute Gasteiger partial charge is 0.481 e. The molecular weight excluding hydrogens is 397 g/mol. The number of carboxylic acid groups (broad SMARTS) is 1. The third-order valence-corrected chi connectivity index (χ3v) is 3.56. The van der Waals surface area contributed by atoms with Crippen LogP contribution in [-0.4, -0.2) is 29.2 Å². The lowest BCUT2D eigenvalue weighted by Crippen LogP contribution is -2.31. The zero-order valence-corrected chi connectivity index (χ0v) is 15.5. The van der Waals surface area contributed by atoms with E-state index in [0.29, 0.717) is 6.54 Å². The first-order valence-electron chi connectivity index (χ1n) is 7.01. The van der Waals surface area contributed by atoms with Crippen LogP contribution in [0.25, 0.3) is 0 Å². The van der Waals surface area contributed by atoms with Gasteiger partial charge >= 0.3 is 11.9 Å². The van der Waals surface area contributed by atoms with E-state index in [1.54, 1.807) is 0 Å². The summed E-state index contributed by atoms with van der Waals surface area (Å²) in [6.45, 7) is 8.00. The minimum atomic E-state index is -0.849. The van der Waals surface area contributed by atoms with E-state index in [1.807, 2.05) is 39.8 Å². The number of aliphatic carboxylic acids is 1. The normalized spacial score (nSPS) is 11.3. The van der Waals surface area contributed by atoms with Crippen molar-refractivity contribution in [2.45, 2.75) is 46.3 Å². The molecule has 0 aliphatic rings. The van der Waals surface area contributed by atoms with Gasteiger partial charge in [-0.1, -0.05) is 0 Å². The quantitative estimate of drug-likeness (QED) is 0.548. The summed E-state index contributed by atoms with van der Waals surface area (Å²) in [5.74, 6) is -1.15. The fraction of sp³-hybridized carbons (Fsp3) is 0.500. The van der Waals surface area contributed by atoms with Gasteiger partial charge in [-0.2, -0.15) is 0 Å². The van der Waals surface area contributed by atoms with Crippen LogP contribution in [0.4, 0.5) is 0 Å². The number of benzene rings is 1. The van der Waals surface area contributed by atoms with E-state index in [0.717, 1.165) is 20.3 Å². The van der Waals surface area contributed by atoms with E-state index in [9.17, 15) is 9.59 Å². The van der Waals surface area contributed by atoms with Crippen molar-refractivity contribution in [1.82, 2.24) is 5.32 Å².